The van der Waals surface area contributed by atoms with Gasteiger partial charge in [0.05, 0.1) is 12.0 Å². The molecule has 2 aromatic rings. The number of hydrogen-bond donors (Lipinski definition) is 2. The van der Waals surface area contributed by atoms with Gasteiger partial charge in [0.2, 0.25) is 5.95 Å². The molecule has 142 valence electrons. The number of carboxylic acids is 1. The number of carbonyl (C=O) groups is 1. The molecule has 1 aromatic carbocycles. The van der Waals surface area contributed by atoms with Crippen LogP contribution >= 0.6 is 0 Å². The van der Waals surface area contributed by atoms with Gasteiger partial charge in [0.1, 0.15) is 0 Å². The topological polar surface area (TPSA) is 87.6 Å². The molecule has 0 amide bonds. The van der Waals surface area contributed by atoms with Crippen LogP contribution < -0.4 is 5.32 Å². The van der Waals surface area contributed by atoms with Crippen molar-refractivity contribution in [2.75, 3.05) is 31.6 Å². The van der Waals surface area contributed by atoms with Gasteiger partial charge in [0.15, 0.2) is 0 Å². The fraction of sp³-hybridized carbons (Fsp3) is 0.450. The lowest BCUT2D eigenvalue weighted by Crippen LogP contribution is -2.44. The van der Waals surface area contributed by atoms with Crippen molar-refractivity contribution < 1.29 is 14.6 Å². The van der Waals surface area contributed by atoms with E-state index in [9.17, 15) is 9.90 Å². The Morgan fingerprint density at radius 1 is 1.26 bits per heavy atom. The highest BCUT2D eigenvalue weighted by Gasteiger charge is 2.53. The third kappa shape index (κ3) is 3.79. The molecule has 7 nitrogen and oxygen atoms in total. The normalized spacial score (nSPS) is 25.1. The van der Waals surface area contributed by atoms with E-state index in [1.807, 2.05) is 30.6 Å². The first kappa shape index (κ1) is 17.9. The molecule has 2 fully saturated rings. The number of ether oxygens (including phenoxy) is 1. The minimum atomic E-state index is -0.699. The summed E-state index contributed by atoms with van der Waals surface area (Å²) in [4.78, 5) is 22.8. The van der Waals surface area contributed by atoms with Crippen molar-refractivity contribution in [3.8, 4) is 0 Å². The number of aromatic nitrogens is 2. The van der Waals surface area contributed by atoms with E-state index in [0.29, 0.717) is 45.2 Å². The van der Waals surface area contributed by atoms with Gasteiger partial charge in [0.25, 0.3) is 0 Å². The number of benzene rings is 1. The average Bonchev–Trinajstić information content (AvgIpc) is 3.08. The summed E-state index contributed by atoms with van der Waals surface area (Å²) in [7, 11) is 0. The van der Waals surface area contributed by atoms with E-state index in [2.05, 4.69) is 32.3 Å². The average molecular weight is 368 g/mol. The minimum Gasteiger partial charge on any atom is -0.481 e. The van der Waals surface area contributed by atoms with E-state index < -0.39 is 11.4 Å². The van der Waals surface area contributed by atoms with E-state index in [1.54, 1.807) is 0 Å². The molecule has 0 radical (unpaired) electrons. The minimum absolute atomic E-state index is 0.0523. The zero-order chi connectivity index (χ0) is 18.7. The maximum Gasteiger partial charge on any atom is 0.311 e. The first-order valence-electron chi connectivity index (χ1n) is 9.28. The number of likely N-dealkylation sites (tertiary alicyclic amines) is 1. The Morgan fingerprint density at radius 3 is 2.74 bits per heavy atom. The molecule has 0 saturated carbocycles. The Balaban J connectivity index is 1.35. The fourth-order valence-electron chi connectivity index (χ4n) is 4.09. The second kappa shape index (κ2) is 7.62. The van der Waals surface area contributed by atoms with Crippen molar-refractivity contribution in [3.63, 3.8) is 0 Å². The van der Waals surface area contributed by atoms with Crippen molar-refractivity contribution in [1.82, 2.24) is 14.9 Å². The molecule has 7 heteroatoms. The highest BCUT2D eigenvalue weighted by atomic mass is 16.5. The lowest BCUT2D eigenvalue weighted by Gasteiger charge is -2.34. The fourth-order valence-corrected chi connectivity index (χ4v) is 4.09. The highest BCUT2D eigenvalue weighted by Crippen LogP contribution is 2.42. The number of hydrogen-bond acceptors (Lipinski definition) is 6. The molecule has 0 aliphatic carbocycles. The van der Waals surface area contributed by atoms with E-state index in [0.717, 1.165) is 12.1 Å². The largest absolute Gasteiger partial charge is 0.481 e. The van der Waals surface area contributed by atoms with Crippen molar-refractivity contribution in [3.05, 3.63) is 53.9 Å². The Kier molecular flexibility index (Phi) is 5.05. The monoisotopic (exact) mass is 368 g/mol. The molecule has 2 aliphatic rings. The van der Waals surface area contributed by atoms with Gasteiger partial charge >= 0.3 is 5.97 Å². The first-order valence-corrected chi connectivity index (χ1v) is 9.28. The van der Waals surface area contributed by atoms with Crippen molar-refractivity contribution in [2.24, 2.45) is 11.3 Å². The van der Waals surface area contributed by atoms with E-state index in [1.165, 1.54) is 5.56 Å². The van der Waals surface area contributed by atoms with Gasteiger partial charge in [-0.1, -0.05) is 30.3 Å². The molecule has 0 spiro atoms. The quantitative estimate of drug-likeness (QED) is 0.806. The standard InChI is InChI=1S/C20H24N4O3/c25-18(26)20-6-7-27-13-17(20)12-24(14-20)11-16-9-22-19(23-10-16)21-8-15-4-2-1-3-5-15/h1-5,9-10,17H,6-8,11-14H2,(H,25,26)(H,21,22,23)/t17-,20+/m1/s1. The van der Waals surface area contributed by atoms with Crippen molar-refractivity contribution >= 4 is 11.9 Å². The molecule has 2 aliphatic heterocycles. The van der Waals surface area contributed by atoms with E-state index >= 15 is 0 Å². The summed E-state index contributed by atoms with van der Waals surface area (Å²) >= 11 is 0. The lowest BCUT2D eigenvalue weighted by atomic mass is 9.74. The number of carboxylic acid groups (broad SMARTS) is 1. The zero-order valence-electron chi connectivity index (χ0n) is 15.2. The predicted molar refractivity (Wildman–Crippen MR) is 100 cm³/mol. The van der Waals surface area contributed by atoms with E-state index in [-0.39, 0.29) is 5.92 Å². The Bertz CT molecular complexity index is 784. The number of nitrogens with zero attached hydrogens (tertiary/aromatic N) is 3. The summed E-state index contributed by atoms with van der Waals surface area (Å²) in [6, 6.07) is 10.1. The summed E-state index contributed by atoms with van der Waals surface area (Å²) in [5.41, 5.74) is 1.49. The van der Waals surface area contributed by atoms with Crippen molar-refractivity contribution in [1.29, 1.82) is 0 Å². The van der Waals surface area contributed by atoms with Crippen LogP contribution in [0.5, 0.6) is 0 Å². The van der Waals surface area contributed by atoms with E-state index in [4.69, 9.17) is 4.74 Å². The molecule has 0 unspecified atom stereocenters. The summed E-state index contributed by atoms with van der Waals surface area (Å²) in [5, 5.41) is 13.0. The number of aliphatic carboxylic acids is 1. The molecule has 0 bridgehead atoms. The van der Waals surface area contributed by atoms with Gasteiger partial charge in [-0.2, -0.15) is 0 Å². The smallest absolute Gasteiger partial charge is 0.311 e. The van der Waals surface area contributed by atoms with Crippen LogP contribution in [0.15, 0.2) is 42.7 Å². The number of anilines is 1. The van der Waals surface area contributed by atoms with Gasteiger partial charge in [0, 0.05) is 56.7 Å². The summed E-state index contributed by atoms with van der Waals surface area (Å²) in [5.74, 6) is -0.0559. The molecular formula is C20H24N4O3. The zero-order valence-corrected chi connectivity index (χ0v) is 15.2. The number of rotatable bonds is 6. The number of nitrogens with one attached hydrogen (secondary N) is 1. The van der Waals surface area contributed by atoms with Gasteiger partial charge in [-0.05, 0) is 12.0 Å². The lowest BCUT2D eigenvalue weighted by molar-refractivity contribution is -0.157. The summed E-state index contributed by atoms with van der Waals surface area (Å²) < 4.78 is 5.51. The van der Waals surface area contributed by atoms with Crippen molar-refractivity contribution in [2.45, 2.75) is 19.5 Å². The molecule has 1 aromatic heterocycles. The van der Waals surface area contributed by atoms with Gasteiger partial charge in [-0.25, -0.2) is 9.97 Å². The Labute approximate surface area is 158 Å². The van der Waals surface area contributed by atoms with Gasteiger partial charge < -0.3 is 15.2 Å². The van der Waals surface area contributed by atoms with Crippen LogP contribution in [0.25, 0.3) is 0 Å². The number of fused-ring (bicyclic) bond motifs is 1. The second-order valence-corrected chi connectivity index (χ2v) is 7.41. The molecule has 2 atom stereocenters. The molecule has 4 rings (SSSR count). The molecular weight excluding hydrogens is 344 g/mol. The third-order valence-corrected chi connectivity index (χ3v) is 5.61. The maximum absolute atomic E-state index is 11.9. The second-order valence-electron chi connectivity index (χ2n) is 7.41. The SMILES string of the molecule is O=C(O)[C@]12CCOC[C@H]1CN(Cc1cnc(NCc3ccccc3)nc1)C2. The van der Waals surface area contributed by atoms with Crippen LogP contribution in [0, 0.1) is 11.3 Å². The van der Waals surface area contributed by atoms with Gasteiger partial charge in [-0.3, -0.25) is 9.69 Å². The first-order chi connectivity index (χ1) is 13.2. The molecule has 2 saturated heterocycles. The van der Waals surface area contributed by atoms with Crippen LogP contribution in [0.4, 0.5) is 5.95 Å². The Hall–Kier alpha value is -2.51. The van der Waals surface area contributed by atoms with Crippen LogP contribution in [-0.2, 0) is 22.6 Å². The Morgan fingerprint density at radius 2 is 2.04 bits per heavy atom. The predicted octanol–water partition coefficient (Wildman–Crippen LogP) is 2.01. The third-order valence-electron chi connectivity index (χ3n) is 5.61. The van der Waals surface area contributed by atoms with Crippen LogP contribution in [-0.4, -0.2) is 52.2 Å². The molecule has 3 heterocycles. The summed E-state index contributed by atoms with van der Waals surface area (Å²) in [6.07, 6.45) is 4.21. The highest BCUT2D eigenvalue weighted by molar-refractivity contribution is 5.76. The molecule has 2 N–H and O–H groups in total. The van der Waals surface area contributed by atoms with Gasteiger partial charge in [-0.15, -0.1) is 0 Å². The van der Waals surface area contributed by atoms with Crippen LogP contribution in [0.2, 0.25) is 0 Å². The van der Waals surface area contributed by atoms with Crippen LogP contribution in [0.1, 0.15) is 17.5 Å². The maximum atomic E-state index is 11.9. The molecule has 27 heavy (non-hydrogen) atoms. The van der Waals surface area contributed by atoms with Crippen LogP contribution in [0.3, 0.4) is 0 Å². The summed E-state index contributed by atoms with van der Waals surface area (Å²) in [6.45, 7) is 3.69.